The summed E-state index contributed by atoms with van der Waals surface area (Å²) in [6, 6.07) is 0. The van der Waals surface area contributed by atoms with Gasteiger partial charge in [-0.3, -0.25) is 9.69 Å². The monoisotopic (exact) mass is 354 g/mol. The number of hydrogen-bond donors (Lipinski definition) is 2. The number of allylic oxidation sites excluding steroid dienone is 1. The van der Waals surface area contributed by atoms with Gasteiger partial charge in [-0.05, 0) is 0 Å². The fourth-order valence-electron chi connectivity index (χ4n) is 2.75. The van der Waals surface area contributed by atoms with Gasteiger partial charge >= 0.3 is 5.97 Å². The highest BCUT2D eigenvalue weighted by Crippen LogP contribution is 2.42. The number of carboxylic acid groups (broad SMARTS) is 1. The van der Waals surface area contributed by atoms with Gasteiger partial charge < -0.3 is 9.84 Å². The molecule has 1 saturated heterocycles. The van der Waals surface area contributed by atoms with Crippen LogP contribution in [0.4, 0.5) is 0 Å². The number of carboxylic acids is 1. The average molecular weight is 354 g/mol. The molecule has 126 valence electrons. The highest BCUT2D eigenvalue weighted by Gasteiger charge is 2.62. The first-order chi connectivity index (χ1) is 11.3. The van der Waals surface area contributed by atoms with Gasteiger partial charge in [0.2, 0.25) is 9.84 Å². The number of ether oxygens (including phenoxy) is 1. The first kappa shape index (κ1) is 16.1. The predicted octanol–water partition coefficient (Wildman–Crippen LogP) is -1.99. The number of nitrogens with one attached hydrogen (secondary N) is 1. The number of aliphatic carboxylic acids is 1. The van der Waals surface area contributed by atoms with Gasteiger partial charge in [0, 0.05) is 19.1 Å². The van der Waals surface area contributed by atoms with Gasteiger partial charge in [0.25, 0.3) is 5.91 Å². The van der Waals surface area contributed by atoms with E-state index in [-0.39, 0.29) is 17.7 Å². The zero-order valence-electron chi connectivity index (χ0n) is 12.1. The molecule has 2 atom stereocenters. The maximum Gasteiger partial charge on any atom is 0.353 e. The second kappa shape index (κ2) is 5.37. The summed E-state index contributed by atoms with van der Waals surface area (Å²) in [6.45, 7) is 0. The molecule has 3 rings (SSSR count). The molecule has 11 nitrogen and oxygen atoms in total. The van der Waals surface area contributed by atoms with Crippen molar-refractivity contribution in [3.8, 4) is 0 Å². The van der Waals surface area contributed by atoms with Crippen LogP contribution >= 0.6 is 0 Å². The van der Waals surface area contributed by atoms with Crippen molar-refractivity contribution in [2.24, 2.45) is 0 Å². The predicted molar refractivity (Wildman–Crippen MR) is 74.3 cm³/mol. The number of β-lactam (4-membered cyclic amide) rings is 1. The van der Waals surface area contributed by atoms with E-state index in [1.807, 2.05) is 0 Å². The quantitative estimate of drug-likeness (QED) is 0.461. The summed E-state index contributed by atoms with van der Waals surface area (Å²) in [5, 5.41) is 17.4. The first-order valence-electron chi connectivity index (χ1n) is 6.51. The van der Waals surface area contributed by atoms with Gasteiger partial charge in [-0.1, -0.05) is 0 Å². The number of fused-ring (bicyclic) bond motifs is 1. The van der Waals surface area contributed by atoms with Crippen LogP contribution in [0.1, 0.15) is 5.69 Å². The lowest BCUT2D eigenvalue weighted by Crippen LogP contribution is -2.70. The van der Waals surface area contributed by atoms with Crippen molar-refractivity contribution < 1.29 is 32.6 Å². The van der Waals surface area contributed by atoms with E-state index in [4.69, 9.17) is 4.74 Å². The molecule has 12 heteroatoms. The molecule has 0 aliphatic carbocycles. The Kier molecular flexibility index (Phi) is 3.59. The van der Waals surface area contributed by atoms with Crippen molar-refractivity contribution in [1.82, 2.24) is 20.3 Å². The maximum atomic E-state index is 12.6. The van der Waals surface area contributed by atoms with E-state index < -0.39 is 43.8 Å². The minimum Gasteiger partial charge on any atom is -0.477 e. The highest BCUT2D eigenvalue weighted by molar-refractivity contribution is 7.96. The van der Waals surface area contributed by atoms with Gasteiger partial charge in [0.05, 0.1) is 11.9 Å². The lowest BCUT2D eigenvalue weighted by molar-refractivity contribution is -0.162. The Hall–Kier alpha value is -2.82. The normalized spacial score (nSPS) is 25.1. The summed E-state index contributed by atoms with van der Waals surface area (Å²) in [7, 11) is -3.21. The number of methoxy groups -OCH3 is 1. The lowest BCUT2D eigenvalue weighted by Gasteiger charge is -2.48. The summed E-state index contributed by atoms with van der Waals surface area (Å²) < 4.78 is 30.0. The van der Waals surface area contributed by atoms with E-state index in [1.54, 1.807) is 0 Å². The van der Waals surface area contributed by atoms with Crippen LogP contribution in [0.5, 0.6) is 0 Å². The van der Waals surface area contributed by atoms with E-state index in [2.05, 4.69) is 15.4 Å². The smallest absolute Gasteiger partial charge is 0.353 e. The van der Waals surface area contributed by atoms with E-state index in [0.717, 1.165) is 7.11 Å². The number of hydrogen-bond acceptors (Lipinski definition) is 8. The molecule has 0 saturated carbocycles. The summed E-state index contributed by atoms with van der Waals surface area (Å²) >= 11 is 0. The Morgan fingerprint density at radius 3 is 2.75 bits per heavy atom. The molecule has 3 heterocycles. The fourth-order valence-corrected chi connectivity index (χ4v) is 4.66. The van der Waals surface area contributed by atoms with Crippen molar-refractivity contribution in [2.45, 2.75) is 17.9 Å². The summed E-state index contributed by atoms with van der Waals surface area (Å²) in [4.78, 5) is 34.8. The molecule has 0 aromatic carbocycles. The number of sulfone groups is 1. The standard InChI is InChI=1S/C12H10N4O7S/c1-23-9-10(18)16-8(12(19)20)6(2-5-3-13-15-14-5)7(4-17)24(21,22)11(9)16/h3,9,11H,2H2,1H3,(H,19,20)(H,13,14,15)/t9-,11+/m0/s1. The molecule has 2 aliphatic heterocycles. The number of amides is 1. The Balaban J connectivity index is 2.25. The van der Waals surface area contributed by atoms with Crippen molar-refractivity contribution in [1.29, 1.82) is 0 Å². The third-order valence-electron chi connectivity index (χ3n) is 3.77. The molecule has 2 aliphatic rings. The van der Waals surface area contributed by atoms with Gasteiger partial charge in [-0.2, -0.15) is 15.4 Å². The Morgan fingerprint density at radius 1 is 1.54 bits per heavy atom. The Labute approximate surface area is 134 Å². The van der Waals surface area contributed by atoms with E-state index >= 15 is 0 Å². The summed E-state index contributed by atoms with van der Waals surface area (Å²) in [6.07, 6.45) is -0.458. The van der Waals surface area contributed by atoms with Crippen molar-refractivity contribution >= 4 is 27.7 Å². The third kappa shape index (κ3) is 2.01. The topological polar surface area (TPSA) is 160 Å². The zero-order chi connectivity index (χ0) is 17.6. The molecule has 2 N–H and O–H groups in total. The number of carbonyl (C=O) groups is 2. The van der Waals surface area contributed by atoms with Crippen molar-refractivity contribution in [2.75, 3.05) is 7.11 Å². The van der Waals surface area contributed by atoms with Crippen LogP contribution < -0.4 is 0 Å². The molecular weight excluding hydrogens is 344 g/mol. The van der Waals surface area contributed by atoms with Crippen LogP contribution in [-0.2, 0) is 35.4 Å². The molecule has 1 fully saturated rings. The molecular formula is C12H10N4O7S. The average Bonchev–Trinajstić information content (AvgIpc) is 3.01. The van der Waals surface area contributed by atoms with Crippen LogP contribution in [0.15, 0.2) is 22.4 Å². The van der Waals surface area contributed by atoms with E-state index in [1.165, 1.54) is 12.1 Å². The lowest BCUT2D eigenvalue weighted by atomic mass is 10.0. The largest absolute Gasteiger partial charge is 0.477 e. The molecule has 0 radical (unpaired) electrons. The molecule has 0 bridgehead atoms. The van der Waals surface area contributed by atoms with Crippen LogP contribution in [-0.4, -0.2) is 70.2 Å². The minimum absolute atomic E-state index is 0.196. The second-order valence-corrected chi connectivity index (χ2v) is 6.98. The van der Waals surface area contributed by atoms with Crippen molar-refractivity contribution in [3.63, 3.8) is 0 Å². The second-order valence-electron chi connectivity index (χ2n) is 5.00. The molecule has 0 unspecified atom stereocenters. The number of nitrogens with zero attached hydrogens (tertiary/aromatic N) is 3. The van der Waals surface area contributed by atoms with Crippen LogP contribution in [0.2, 0.25) is 0 Å². The third-order valence-corrected chi connectivity index (χ3v) is 5.76. The van der Waals surface area contributed by atoms with Crippen LogP contribution in [0.3, 0.4) is 0 Å². The molecule has 1 aromatic heterocycles. The summed E-state index contributed by atoms with van der Waals surface area (Å²) in [5.41, 5.74) is -0.776. The minimum atomic E-state index is -4.33. The van der Waals surface area contributed by atoms with Gasteiger partial charge in [-0.15, -0.1) is 0 Å². The summed E-state index contributed by atoms with van der Waals surface area (Å²) in [5.74, 6) is -1.07. The van der Waals surface area contributed by atoms with Crippen LogP contribution in [0.25, 0.3) is 0 Å². The van der Waals surface area contributed by atoms with Crippen LogP contribution in [0, 0.1) is 0 Å². The number of rotatable bonds is 4. The SMILES string of the molecule is CO[C@H]1C(=O)N2C(C(=O)O)=C(Cc3cn[nH]n3)C(=C=O)S(=O)(=O)[C@H]12. The van der Waals surface area contributed by atoms with E-state index in [9.17, 15) is 27.9 Å². The molecule has 1 aromatic rings. The first-order valence-corrected chi connectivity index (χ1v) is 8.05. The number of carbonyl (C=O) groups excluding carboxylic acids is 2. The molecule has 0 spiro atoms. The highest BCUT2D eigenvalue weighted by atomic mass is 32.2. The number of H-pyrrole nitrogens is 1. The van der Waals surface area contributed by atoms with E-state index in [0.29, 0.717) is 4.90 Å². The van der Waals surface area contributed by atoms with Crippen molar-refractivity contribution in [3.05, 3.63) is 28.1 Å². The Morgan fingerprint density at radius 2 is 2.25 bits per heavy atom. The maximum absolute atomic E-state index is 12.6. The fraction of sp³-hybridized carbons (Fsp3) is 0.333. The Bertz CT molecular complexity index is 911. The molecule has 1 amide bonds. The molecule has 24 heavy (non-hydrogen) atoms. The number of aromatic nitrogens is 3. The van der Waals surface area contributed by atoms with Gasteiger partial charge in [-0.25, -0.2) is 18.0 Å². The van der Waals surface area contributed by atoms with Gasteiger partial charge in [0.1, 0.15) is 11.6 Å². The zero-order valence-corrected chi connectivity index (χ0v) is 12.9. The van der Waals surface area contributed by atoms with Gasteiger partial charge in [0.15, 0.2) is 16.4 Å². The number of aromatic amines is 1.